The fraction of sp³-hybridized carbons (Fsp3) is 0.333. The van der Waals surface area contributed by atoms with Crippen LogP contribution in [0, 0.1) is 0 Å². The van der Waals surface area contributed by atoms with Crippen LogP contribution in [0.1, 0.15) is 24.8 Å². The van der Waals surface area contributed by atoms with E-state index in [9.17, 15) is 5.11 Å². The summed E-state index contributed by atoms with van der Waals surface area (Å²) in [5, 5.41) is 10.8. The Hall–Kier alpha value is -0.790. The second-order valence-electron chi connectivity index (χ2n) is 3.87. The van der Waals surface area contributed by atoms with Gasteiger partial charge in [0, 0.05) is 5.02 Å². The van der Waals surface area contributed by atoms with Crippen LogP contribution >= 0.6 is 11.6 Å². The van der Waals surface area contributed by atoms with Gasteiger partial charge in [0.1, 0.15) is 0 Å². The Kier molecular flexibility index (Phi) is 2.38. The Morgan fingerprint density at radius 1 is 1.29 bits per heavy atom. The summed E-state index contributed by atoms with van der Waals surface area (Å²) in [6.07, 6.45) is 2.74. The summed E-state index contributed by atoms with van der Waals surface area (Å²) < 4.78 is 0. The van der Waals surface area contributed by atoms with E-state index in [2.05, 4.69) is 6.58 Å². The van der Waals surface area contributed by atoms with Gasteiger partial charge in [-0.05, 0) is 42.5 Å². The van der Waals surface area contributed by atoms with Crippen LogP contribution in [-0.2, 0) is 0 Å². The molecule has 0 atom stereocenters. The number of hydrogen-bond donors (Lipinski definition) is 1. The van der Waals surface area contributed by atoms with Crippen molar-refractivity contribution in [1.82, 2.24) is 0 Å². The average Bonchev–Trinajstić information content (AvgIpc) is 2.14. The summed E-state index contributed by atoms with van der Waals surface area (Å²) in [5.41, 5.74) is 1.14. The zero-order chi connectivity index (χ0) is 10.2. The van der Waals surface area contributed by atoms with Crippen LogP contribution in [0.3, 0.4) is 0 Å². The lowest BCUT2D eigenvalue weighted by Crippen LogP contribution is -2.37. The second kappa shape index (κ2) is 3.41. The second-order valence-corrected chi connectivity index (χ2v) is 4.31. The quantitative estimate of drug-likeness (QED) is 0.791. The fourth-order valence-electron chi connectivity index (χ4n) is 1.73. The molecule has 0 unspecified atom stereocenters. The van der Waals surface area contributed by atoms with Crippen molar-refractivity contribution < 1.29 is 5.11 Å². The standard InChI is InChI=1S/C12H13ClO/c1-9(12(14)7-2-8-12)10-3-5-11(13)6-4-10/h3-6,14H,1-2,7-8H2. The van der Waals surface area contributed by atoms with Crippen molar-refractivity contribution in [3.63, 3.8) is 0 Å². The molecule has 0 radical (unpaired) electrons. The highest BCUT2D eigenvalue weighted by molar-refractivity contribution is 6.30. The molecule has 1 nitrogen and oxygen atoms in total. The van der Waals surface area contributed by atoms with Crippen molar-refractivity contribution in [3.05, 3.63) is 41.4 Å². The molecule has 0 saturated heterocycles. The summed E-state index contributed by atoms with van der Waals surface area (Å²) in [4.78, 5) is 0. The zero-order valence-electron chi connectivity index (χ0n) is 7.96. The maximum atomic E-state index is 10.1. The molecule has 14 heavy (non-hydrogen) atoms. The Balaban J connectivity index is 2.23. The smallest absolute Gasteiger partial charge is 0.0896 e. The molecule has 1 aliphatic carbocycles. The van der Waals surface area contributed by atoms with E-state index in [0.29, 0.717) is 5.02 Å². The first-order chi connectivity index (χ1) is 6.62. The van der Waals surface area contributed by atoms with Crippen LogP contribution in [-0.4, -0.2) is 10.7 Å². The van der Waals surface area contributed by atoms with Crippen molar-refractivity contribution >= 4 is 17.2 Å². The van der Waals surface area contributed by atoms with E-state index in [1.54, 1.807) is 0 Å². The van der Waals surface area contributed by atoms with Crippen LogP contribution in [0.2, 0.25) is 5.02 Å². The molecular formula is C12H13ClO. The maximum Gasteiger partial charge on any atom is 0.0896 e. The van der Waals surface area contributed by atoms with Crippen molar-refractivity contribution in [2.75, 3.05) is 0 Å². The average molecular weight is 209 g/mol. The predicted molar refractivity (Wildman–Crippen MR) is 59.3 cm³/mol. The third kappa shape index (κ3) is 1.58. The van der Waals surface area contributed by atoms with Crippen molar-refractivity contribution in [2.24, 2.45) is 0 Å². The lowest BCUT2D eigenvalue weighted by Gasteiger charge is -2.38. The fourth-order valence-corrected chi connectivity index (χ4v) is 1.86. The number of hydrogen-bond acceptors (Lipinski definition) is 1. The molecule has 1 aromatic rings. The van der Waals surface area contributed by atoms with Crippen molar-refractivity contribution in [2.45, 2.75) is 24.9 Å². The van der Waals surface area contributed by atoms with Gasteiger partial charge in [0.05, 0.1) is 5.60 Å². The maximum absolute atomic E-state index is 10.1. The van der Waals surface area contributed by atoms with Gasteiger partial charge >= 0.3 is 0 Å². The molecule has 0 aliphatic heterocycles. The van der Waals surface area contributed by atoms with Gasteiger partial charge in [-0.15, -0.1) is 0 Å². The van der Waals surface area contributed by atoms with Crippen LogP contribution < -0.4 is 0 Å². The summed E-state index contributed by atoms with van der Waals surface area (Å²) in [6.45, 7) is 3.96. The van der Waals surface area contributed by atoms with Gasteiger partial charge in [-0.3, -0.25) is 0 Å². The third-order valence-electron chi connectivity index (χ3n) is 2.94. The molecule has 1 aliphatic rings. The topological polar surface area (TPSA) is 20.2 Å². The minimum atomic E-state index is -0.659. The molecule has 0 amide bonds. The summed E-state index contributed by atoms with van der Waals surface area (Å²) in [6, 6.07) is 7.45. The van der Waals surface area contributed by atoms with Gasteiger partial charge in [-0.1, -0.05) is 30.3 Å². The largest absolute Gasteiger partial charge is 0.385 e. The van der Waals surface area contributed by atoms with Crippen molar-refractivity contribution in [1.29, 1.82) is 0 Å². The molecule has 1 saturated carbocycles. The lowest BCUT2D eigenvalue weighted by molar-refractivity contribution is 0.0247. The van der Waals surface area contributed by atoms with Crippen LogP contribution in [0.25, 0.3) is 5.57 Å². The molecule has 1 N–H and O–H groups in total. The van der Waals surface area contributed by atoms with Gasteiger partial charge < -0.3 is 5.11 Å². The molecule has 1 fully saturated rings. The molecule has 0 aromatic heterocycles. The van der Waals surface area contributed by atoms with Crippen LogP contribution in [0.4, 0.5) is 0 Å². The summed E-state index contributed by atoms with van der Waals surface area (Å²) in [5.74, 6) is 0. The molecule has 0 heterocycles. The first kappa shape index (κ1) is 9.75. The first-order valence-corrected chi connectivity index (χ1v) is 5.17. The number of benzene rings is 1. The van der Waals surface area contributed by atoms with E-state index in [1.807, 2.05) is 24.3 Å². The SMILES string of the molecule is C=C(c1ccc(Cl)cc1)C1(O)CCC1. The Bertz CT molecular complexity index is 349. The van der Waals surface area contributed by atoms with Gasteiger partial charge in [-0.2, -0.15) is 0 Å². The highest BCUT2D eigenvalue weighted by Crippen LogP contribution is 2.41. The van der Waals surface area contributed by atoms with E-state index in [1.165, 1.54) is 0 Å². The van der Waals surface area contributed by atoms with Gasteiger partial charge in [0.2, 0.25) is 0 Å². The molecule has 0 bridgehead atoms. The monoisotopic (exact) mass is 208 g/mol. The molecule has 0 spiro atoms. The van der Waals surface area contributed by atoms with E-state index in [4.69, 9.17) is 11.6 Å². The lowest BCUT2D eigenvalue weighted by atomic mass is 9.73. The third-order valence-corrected chi connectivity index (χ3v) is 3.19. The van der Waals surface area contributed by atoms with E-state index < -0.39 is 5.60 Å². The van der Waals surface area contributed by atoms with Crippen molar-refractivity contribution in [3.8, 4) is 0 Å². The number of halogens is 1. The van der Waals surface area contributed by atoms with Crippen LogP contribution in [0.15, 0.2) is 30.8 Å². The van der Waals surface area contributed by atoms with Gasteiger partial charge in [-0.25, -0.2) is 0 Å². The Morgan fingerprint density at radius 3 is 2.29 bits per heavy atom. The Morgan fingerprint density at radius 2 is 1.86 bits per heavy atom. The number of aliphatic hydroxyl groups is 1. The molecule has 1 aromatic carbocycles. The van der Waals surface area contributed by atoms with E-state index in [0.717, 1.165) is 30.4 Å². The minimum Gasteiger partial charge on any atom is -0.385 e. The summed E-state index contributed by atoms with van der Waals surface area (Å²) in [7, 11) is 0. The molecule has 2 heteroatoms. The zero-order valence-corrected chi connectivity index (χ0v) is 8.72. The summed E-state index contributed by atoms with van der Waals surface area (Å²) >= 11 is 5.79. The molecule has 74 valence electrons. The minimum absolute atomic E-state index is 0.659. The molecular weight excluding hydrogens is 196 g/mol. The normalized spacial score (nSPS) is 18.7. The van der Waals surface area contributed by atoms with Gasteiger partial charge in [0.15, 0.2) is 0 Å². The van der Waals surface area contributed by atoms with Crippen LogP contribution in [0.5, 0.6) is 0 Å². The highest BCUT2D eigenvalue weighted by Gasteiger charge is 2.37. The Labute approximate surface area is 89.0 Å². The first-order valence-electron chi connectivity index (χ1n) is 4.79. The molecule has 2 rings (SSSR count). The highest BCUT2D eigenvalue weighted by atomic mass is 35.5. The van der Waals surface area contributed by atoms with E-state index >= 15 is 0 Å². The predicted octanol–water partition coefficient (Wildman–Crippen LogP) is 3.27. The van der Waals surface area contributed by atoms with E-state index in [-0.39, 0.29) is 0 Å². The number of rotatable bonds is 2. The van der Waals surface area contributed by atoms with Gasteiger partial charge in [0.25, 0.3) is 0 Å².